The Morgan fingerprint density at radius 1 is 1.43 bits per heavy atom. The highest BCUT2D eigenvalue weighted by Gasteiger charge is 2.43. The second-order valence-electron chi connectivity index (χ2n) is 5.22. The maximum Gasteiger partial charge on any atom is 0.155 e. The lowest BCUT2D eigenvalue weighted by Gasteiger charge is -2.39. The number of rotatable bonds is 3. The Morgan fingerprint density at radius 2 is 2.14 bits per heavy atom. The first kappa shape index (κ1) is 10.1. The number of carbonyl (C=O) groups excluding carboxylic acids is 1. The summed E-state index contributed by atoms with van der Waals surface area (Å²) in [6.07, 6.45) is 4.96. The summed E-state index contributed by atoms with van der Waals surface area (Å²) in [5.41, 5.74) is 5.59. The number of carbonyl (C=O) groups is 1. The van der Waals surface area contributed by atoms with Crippen molar-refractivity contribution in [2.45, 2.75) is 44.6 Å². The molecule has 2 N–H and O–H groups in total. The lowest BCUT2D eigenvalue weighted by Crippen LogP contribution is -2.50. The molecule has 0 radical (unpaired) electrons. The van der Waals surface area contributed by atoms with E-state index in [4.69, 9.17) is 10.5 Å². The molecule has 0 aromatic heterocycles. The molecule has 2 rings (SSSR count). The van der Waals surface area contributed by atoms with E-state index in [1.54, 1.807) is 0 Å². The van der Waals surface area contributed by atoms with Crippen molar-refractivity contribution in [3.63, 3.8) is 0 Å². The molecule has 1 aliphatic carbocycles. The first-order valence-electron chi connectivity index (χ1n) is 5.44. The van der Waals surface area contributed by atoms with E-state index >= 15 is 0 Å². The third kappa shape index (κ3) is 1.71. The average Bonchev–Trinajstić information content (AvgIpc) is 2.51. The van der Waals surface area contributed by atoms with Crippen LogP contribution in [0.15, 0.2) is 0 Å². The van der Waals surface area contributed by atoms with Gasteiger partial charge in [0, 0.05) is 13.0 Å². The summed E-state index contributed by atoms with van der Waals surface area (Å²) >= 11 is 0. The molecule has 3 heteroatoms. The largest absolute Gasteiger partial charge is 0.379 e. The molecule has 0 aromatic carbocycles. The standard InChI is InChI=1S/C11H19NO2/c1-10(3-2-4-10)7-9(13)11(12)5-6-14-8-11/h2-8,12H2,1H3. The number of ketones is 1. The molecule has 1 heterocycles. The Hall–Kier alpha value is -0.410. The van der Waals surface area contributed by atoms with E-state index in [0.29, 0.717) is 26.1 Å². The van der Waals surface area contributed by atoms with Gasteiger partial charge in [-0.3, -0.25) is 4.79 Å². The number of ether oxygens (including phenoxy) is 1. The van der Waals surface area contributed by atoms with Gasteiger partial charge in [-0.25, -0.2) is 0 Å². The van der Waals surface area contributed by atoms with Crippen LogP contribution in [0.2, 0.25) is 0 Å². The van der Waals surface area contributed by atoms with E-state index in [1.165, 1.54) is 19.3 Å². The van der Waals surface area contributed by atoms with Crippen LogP contribution in [0.5, 0.6) is 0 Å². The Kier molecular flexibility index (Phi) is 2.40. The summed E-state index contributed by atoms with van der Waals surface area (Å²) in [6, 6.07) is 0. The summed E-state index contributed by atoms with van der Waals surface area (Å²) in [6.45, 7) is 3.24. The zero-order valence-corrected chi connectivity index (χ0v) is 8.84. The van der Waals surface area contributed by atoms with E-state index in [1.807, 2.05) is 0 Å². The van der Waals surface area contributed by atoms with Crippen molar-refractivity contribution in [2.24, 2.45) is 11.1 Å². The molecule has 0 amide bonds. The van der Waals surface area contributed by atoms with Crippen LogP contribution in [0.25, 0.3) is 0 Å². The molecule has 2 fully saturated rings. The van der Waals surface area contributed by atoms with Crippen LogP contribution in [0.4, 0.5) is 0 Å². The zero-order valence-electron chi connectivity index (χ0n) is 8.84. The van der Waals surface area contributed by atoms with Crippen LogP contribution in [0, 0.1) is 5.41 Å². The fourth-order valence-corrected chi connectivity index (χ4v) is 2.32. The topological polar surface area (TPSA) is 52.3 Å². The van der Waals surface area contributed by atoms with Gasteiger partial charge in [-0.15, -0.1) is 0 Å². The molecule has 0 spiro atoms. The predicted molar refractivity (Wildman–Crippen MR) is 53.9 cm³/mol. The molecule has 14 heavy (non-hydrogen) atoms. The van der Waals surface area contributed by atoms with Gasteiger partial charge in [0.05, 0.1) is 6.61 Å². The van der Waals surface area contributed by atoms with Gasteiger partial charge in [-0.05, 0) is 24.7 Å². The van der Waals surface area contributed by atoms with Crippen LogP contribution in [-0.2, 0) is 9.53 Å². The van der Waals surface area contributed by atoms with Crippen LogP contribution < -0.4 is 5.73 Å². The molecular weight excluding hydrogens is 178 g/mol. The SMILES string of the molecule is CC1(CC(=O)C2(N)CCOC2)CCC1. The van der Waals surface area contributed by atoms with Gasteiger partial charge in [0.1, 0.15) is 5.54 Å². The Bertz CT molecular complexity index is 240. The Labute approximate surface area is 85.0 Å². The van der Waals surface area contributed by atoms with Crippen LogP contribution in [0.1, 0.15) is 39.0 Å². The molecule has 1 atom stereocenters. The molecule has 2 aliphatic rings. The highest BCUT2D eigenvalue weighted by molar-refractivity contribution is 5.89. The molecule has 1 unspecified atom stereocenters. The van der Waals surface area contributed by atoms with E-state index in [9.17, 15) is 4.79 Å². The summed E-state index contributed by atoms with van der Waals surface area (Å²) in [5.74, 6) is 0.206. The van der Waals surface area contributed by atoms with Crippen molar-refractivity contribution in [1.82, 2.24) is 0 Å². The summed E-state index contributed by atoms with van der Waals surface area (Å²) < 4.78 is 5.20. The molecular formula is C11H19NO2. The average molecular weight is 197 g/mol. The monoisotopic (exact) mass is 197 g/mol. The molecule has 1 saturated carbocycles. The minimum atomic E-state index is -0.668. The van der Waals surface area contributed by atoms with Gasteiger partial charge < -0.3 is 10.5 Å². The maximum atomic E-state index is 12.0. The maximum absolute atomic E-state index is 12.0. The molecule has 1 aliphatic heterocycles. The fraction of sp³-hybridized carbons (Fsp3) is 0.909. The van der Waals surface area contributed by atoms with Gasteiger partial charge in [-0.1, -0.05) is 13.3 Å². The van der Waals surface area contributed by atoms with Crippen LogP contribution >= 0.6 is 0 Å². The Balaban J connectivity index is 1.94. The number of hydrogen-bond acceptors (Lipinski definition) is 3. The summed E-state index contributed by atoms with van der Waals surface area (Å²) in [7, 11) is 0. The fourth-order valence-electron chi connectivity index (χ4n) is 2.32. The zero-order chi connectivity index (χ0) is 10.2. The first-order chi connectivity index (χ1) is 6.54. The van der Waals surface area contributed by atoms with Gasteiger partial charge in [0.2, 0.25) is 0 Å². The normalized spacial score (nSPS) is 35.3. The summed E-state index contributed by atoms with van der Waals surface area (Å²) in [4.78, 5) is 12.0. The van der Waals surface area contributed by atoms with Crippen LogP contribution in [-0.4, -0.2) is 24.5 Å². The molecule has 3 nitrogen and oxygen atoms in total. The third-order valence-electron chi connectivity index (χ3n) is 3.76. The predicted octanol–water partition coefficient (Wildman–Crippen LogP) is 1.25. The Morgan fingerprint density at radius 3 is 2.57 bits per heavy atom. The van der Waals surface area contributed by atoms with Gasteiger partial charge >= 0.3 is 0 Å². The summed E-state index contributed by atoms with van der Waals surface area (Å²) in [5, 5.41) is 0. The van der Waals surface area contributed by atoms with Crippen molar-refractivity contribution in [2.75, 3.05) is 13.2 Å². The van der Waals surface area contributed by atoms with Gasteiger partial charge in [-0.2, -0.15) is 0 Å². The third-order valence-corrected chi connectivity index (χ3v) is 3.76. The second-order valence-corrected chi connectivity index (χ2v) is 5.22. The van der Waals surface area contributed by atoms with E-state index in [2.05, 4.69) is 6.92 Å². The van der Waals surface area contributed by atoms with E-state index in [-0.39, 0.29) is 11.2 Å². The smallest absolute Gasteiger partial charge is 0.155 e. The molecule has 80 valence electrons. The van der Waals surface area contributed by atoms with Crippen molar-refractivity contribution < 1.29 is 9.53 Å². The van der Waals surface area contributed by atoms with Gasteiger partial charge in [0.25, 0.3) is 0 Å². The first-order valence-corrected chi connectivity index (χ1v) is 5.44. The minimum absolute atomic E-state index is 0.206. The van der Waals surface area contributed by atoms with Crippen molar-refractivity contribution in [3.8, 4) is 0 Å². The van der Waals surface area contributed by atoms with Crippen LogP contribution in [0.3, 0.4) is 0 Å². The highest BCUT2D eigenvalue weighted by atomic mass is 16.5. The van der Waals surface area contributed by atoms with E-state index < -0.39 is 5.54 Å². The van der Waals surface area contributed by atoms with Crippen molar-refractivity contribution in [3.05, 3.63) is 0 Å². The molecule has 1 saturated heterocycles. The lowest BCUT2D eigenvalue weighted by atomic mass is 9.66. The second kappa shape index (κ2) is 3.31. The molecule has 0 aromatic rings. The minimum Gasteiger partial charge on any atom is -0.379 e. The van der Waals surface area contributed by atoms with E-state index in [0.717, 1.165) is 0 Å². The number of hydrogen-bond donors (Lipinski definition) is 1. The van der Waals surface area contributed by atoms with Gasteiger partial charge in [0.15, 0.2) is 5.78 Å². The highest BCUT2D eigenvalue weighted by Crippen LogP contribution is 2.44. The molecule has 0 bridgehead atoms. The number of Topliss-reactive ketones (excluding diaryl/α,β-unsaturated/α-hetero) is 1. The van der Waals surface area contributed by atoms with Crippen molar-refractivity contribution >= 4 is 5.78 Å². The van der Waals surface area contributed by atoms with Crippen molar-refractivity contribution in [1.29, 1.82) is 0 Å². The number of nitrogens with two attached hydrogens (primary N) is 1. The quantitative estimate of drug-likeness (QED) is 0.741. The lowest BCUT2D eigenvalue weighted by molar-refractivity contribution is -0.127.